The highest BCUT2D eigenvalue weighted by molar-refractivity contribution is 5.98. The van der Waals surface area contributed by atoms with Gasteiger partial charge in [0.1, 0.15) is 12.0 Å². The van der Waals surface area contributed by atoms with Crippen molar-refractivity contribution in [3.63, 3.8) is 0 Å². The molecule has 0 amide bonds. The number of fused-ring (bicyclic) bond motifs is 5. The maximum Gasteiger partial charge on any atom is 0.335 e. The Balaban J connectivity index is 1.69. The van der Waals surface area contributed by atoms with Crippen LogP contribution in [0.1, 0.15) is 66.9 Å². The number of nitrogens with zero attached hydrogens (tertiary/aromatic N) is 3. The molecule has 0 radical (unpaired) electrons. The molecule has 198 valence electrons. The first-order chi connectivity index (χ1) is 17.9. The molecule has 2 aliphatic rings. The van der Waals surface area contributed by atoms with Gasteiger partial charge in [-0.05, 0) is 61.3 Å². The predicted molar refractivity (Wildman–Crippen MR) is 143 cm³/mol. The number of rotatable bonds is 7. The van der Waals surface area contributed by atoms with Gasteiger partial charge in [-0.3, -0.25) is 4.90 Å². The number of benzene rings is 2. The van der Waals surface area contributed by atoms with Crippen molar-refractivity contribution in [3.05, 3.63) is 58.9 Å². The van der Waals surface area contributed by atoms with Gasteiger partial charge in [0.15, 0.2) is 0 Å². The molecular formula is C30H37F2N3O2. The van der Waals surface area contributed by atoms with Gasteiger partial charge >= 0.3 is 5.97 Å². The molecule has 1 aliphatic heterocycles. The zero-order chi connectivity index (χ0) is 26.1. The Labute approximate surface area is 217 Å². The van der Waals surface area contributed by atoms with Crippen LogP contribution in [-0.4, -0.2) is 64.3 Å². The van der Waals surface area contributed by atoms with E-state index in [-0.39, 0.29) is 17.3 Å². The standard InChI is InChI=1S/C30H37F2N3O2/c1-3-33(4-2)13-14-34-15-16-35-27-17-20(30(36)37)10-12-24(27)28(23-7-5-6-8-26(23)32)29(35)25-18-22(31)11-9-21(25)19-34/h9-12,17-18,23,26H,3-8,13-16,19H2,1-2H3,(H,36,37)/t23-,26-/m1/s1. The second-order valence-corrected chi connectivity index (χ2v) is 10.5. The summed E-state index contributed by atoms with van der Waals surface area (Å²) in [4.78, 5) is 16.6. The predicted octanol–water partition coefficient (Wildman–Crippen LogP) is 6.30. The third-order valence-corrected chi connectivity index (χ3v) is 8.39. The summed E-state index contributed by atoms with van der Waals surface area (Å²) in [6.45, 7) is 10.2. The van der Waals surface area contributed by atoms with Crippen molar-refractivity contribution in [3.8, 4) is 11.3 Å². The van der Waals surface area contributed by atoms with E-state index in [9.17, 15) is 14.3 Å². The molecule has 2 atom stereocenters. The fraction of sp³-hybridized carbons (Fsp3) is 0.500. The highest BCUT2D eigenvalue weighted by Crippen LogP contribution is 2.46. The lowest BCUT2D eigenvalue weighted by atomic mass is 9.80. The Morgan fingerprint density at radius 3 is 2.59 bits per heavy atom. The molecule has 5 nitrogen and oxygen atoms in total. The Bertz CT molecular complexity index is 1280. The van der Waals surface area contributed by atoms with Crippen LogP contribution in [0, 0.1) is 5.82 Å². The topological polar surface area (TPSA) is 48.7 Å². The number of aromatic carboxylic acids is 1. The summed E-state index contributed by atoms with van der Waals surface area (Å²) in [5.41, 5.74) is 4.61. The van der Waals surface area contributed by atoms with Crippen molar-refractivity contribution < 1.29 is 18.7 Å². The Hall–Kier alpha value is -2.77. The first-order valence-electron chi connectivity index (χ1n) is 13.7. The molecule has 2 heterocycles. The van der Waals surface area contributed by atoms with Crippen molar-refractivity contribution in [2.75, 3.05) is 32.7 Å². The molecule has 3 aromatic rings. The minimum absolute atomic E-state index is 0.208. The number of carboxylic acid groups (broad SMARTS) is 1. The van der Waals surface area contributed by atoms with Crippen LogP contribution in [0.5, 0.6) is 0 Å². The number of hydrogen-bond donors (Lipinski definition) is 1. The van der Waals surface area contributed by atoms with E-state index in [1.54, 1.807) is 18.2 Å². The van der Waals surface area contributed by atoms with Gasteiger partial charge in [-0.2, -0.15) is 0 Å². The van der Waals surface area contributed by atoms with Crippen LogP contribution in [0.15, 0.2) is 36.4 Å². The van der Waals surface area contributed by atoms with Gasteiger partial charge in [0.05, 0.1) is 11.3 Å². The summed E-state index contributed by atoms with van der Waals surface area (Å²) in [7, 11) is 0. The minimum atomic E-state index is -0.988. The van der Waals surface area contributed by atoms with Crippen molar-refractivity contribution >= 4 is 16.9 Å². The number of carboxylic acids is 1. The van der Waals surface area contributed by atoms with Crippen LogP contribution in [0.3, 0.4) is 0 Å². The van der Waals surface area contributed by atoms with Gasteiger partial charge in [0.25, 0.3) is 0 Å². The second kappa shape index (κ2) is 10.9. The molecule has 1 fully saturated rings. The van der Waals surface area contributed by atoms with E-state index in [2.05, 4.69) is 28.2 Å². The summed E-state index contributed by atoms with van der Waals surface area (Å²) in [5.74, 6) is -1.58. The average Bonchev–Trinajstić information content (AvgIpc) is 3.20. The number of aromatic nitrogens is 1. The second-order valence-electron chi connectivity index (χ2n) is 10.5. The van der Waals surface area contributed by atoms with E-state index < -0.39 is 12.1 Å². The molecule has 1 saturated carbocycles. The van der Waals surface area contributed by atoms with Crippen molar-refractivity contribution in [1.82, 2.24) is 14.4 Å². The molecule has 0 spiro atoms. The third kappa shape index (κ3) is 5.04. The minimum Gasteiger partial charge on any atom is -0.478 e. The average molecular weight is 510 g/mol. The molecule has 1 aromatic heterocycles. The molecule has 0 bridgehead atoms. The van der Waals surface area contributed by atoms with E-state index in [1.165, 1.54) is 6.07 Å². The van der Waals surface area contributed by atoms with E-state index >= 15 is 4.39 Å². The highest BCUT2D eigenvalue weighted by Gasteiger charge is 2.34. The number of carbonyl (C=O) groups is 1. The highest BCUT2D eigenvalue weighted by atomic mass is 19.1. The number of hydrogen-bond acceptors (Lipinski definition) is 3. The van der Waals surface area contributed by atoms with Gasteiger partial charge < -0.3 is 14.6 Å². The Morgan fingerprint density at radius 2 is 1.86 bits per heavy atom. The molecule has 0 unspecified atom stereocenters. The summed E-state index contributed by atoms with van der Waals surface area (Å²) >= 11 is 0. The third-order valence-electron chi connectivity index (χ3n) is 8.39. The SMILES string of the molecule is CCN(CC)CCN1CCn2c(c([C@@H]3CCCC[C@H]3F)c3ccc(C(=O)O)cc32)-c2cc(F)ccc2C1. The largest absolute Gasteiger partial charge is 0.478 e. The molecule has 5 rings (SSSR count). The first-order valence-corrected chi connectivity index (χ1v) is 13.7. The lowest BCUT2D eigenvalue weighted by molar-refractivity contribution is 0.0697. The van der Waals surface area contributed by atoms with E-state index in [0.29, 0.717) is 19.5 Å². The lowest BCUT2D eigenvalue weighted by Gasteiger charge is -2.31. The van der Waals surface area contributed by atoms with Gasteiger partial charge in [0.2, 0.25) is 0 Å². The zero-order valence-electron chi connectivity index (χ0n) is 21.9. The molecule has 7 heteroatoms. The van der Waals surface area contributed by atoms with Crippen molar-refractivity contribution in [1.29, 1.82) is 0 Å². The van der Waals surface area contributed by atoms with Gasteiger partial charge in [-0.25, -0.2) is 13.6 Å². The normalized spacial score (nSPS) is 20.5. The molecular weight excluding hydrogens is 472 g/mol. The van der Waals surface area contributed by atoms with Gasteiger partial charge in [-0.1, -0.05) is 38.8 Å². The fourth-order valence-corrected chi connectivity index (χ4v) is 6.30. The number of halogens is 2. The van der Waals surface area contributed by atoms with Gasteiger partial charge in [-0.15, -0.1) is 0 Å². The van der Waals surface area contributed by atoms with E-state index in [4.69, 9.17) is 0 Å². The quantitative estimate of drug-likeness (QED) is 0.406. The summed E-state index contributed by atoms with van der Waals surface area (Å²) in [6, 6.07) is 10.1. The molecule has 1 N–H and O–H groups in total. The summed E-state index contributed by atoms with van der Waals surface area (Å²) in [5, 5.41) is 10.6. The van der Waals surface area contributed by atoms with Crippen LogP contribution in [0.4, 0.5) is 8.78 Å². The van der Waals surface area contributed by atoms with Gasteiger partial charge in [0, 0.05) is 55.1 Å². The van der Waals surface area contributed by atoms with Crippen molar-refractivity contribution in [2.24, 2.45) is 0 Å². The summed E-state index contributed by atoms with van der Waals surface area (Å²) in [6.07, 6.45) is 2.14. The first kappa shape index (κ1) is 25.9. The maximum atomic E-state index is 15.5. The molecule has 37 heavy (non-hydrogen) atoms. The van der Waals surface area contributed by atoms with E-state index in [1.807, 2.05) is 12.1 Å². The smallest absolute Gasteiger partial charge is 0.335 e. The molecule has 2 aromatic carbocycles. The van der Waals surface area contributed by atoms with Crippen molar-refractivity contribution in [2.45, 2.75) is 64.7 Å². The zero-order valence-corrected chi connectivity index (χ0v) is 21.9. The monoisotopic (exact) mass is 509 g/mol. The van der Waals surface area contributed by atoms with Crippen LogP contribution >= 0.6 is 0 Å². The van der Waals surface area contributed by atoms with Crippen LogP contribution in [0.2, 0.25) is 0 Å². The lowest BCUT2D eigenvalue weighted by Crippen LogP contribution is -2.37. The summed E-state index contributed by atoms with van der Waals surface area (Å²) < 4.78 is 32.4. The van der Waals surface area contributed by atoms with Crippen LogP contribution < -0.4 is 0 Å². The van der Waals surface area contributed by atoms with E-state index in [0.717, 1.165) is 85.3 Å². The van der Waals surface area contributed by atoms with Crippen LogP contribution in [0.25, 0.3) is 22.2 Å². The number of likely N-dealkylation sites (N-methyl/N-ethyl adjacent to an activating group) is 1. The molecule has 0 saturated heterocycles. The number of alkyl halides is 1. The van der Waals surface area contributed by atoms with Crippen LogP contribution in [-0.2, 0) is 13.1 Å². The molecule has 1 aliphatic carbocycles. The Morgan fingerprint density at radius 1 is 1.08 bits per heavy atom. The fourth-order valence-electron chi connectivity index (χ4n) is 6.30. The Kier molecular flexibility index (Phi) is 7.63. The maximum absolute atomic E-state index is 15.5.